The van der Waals surface area contributed by atoms with Gasteiger partial charge < -0.3 is 0 Å². The van der Waals surface area contributed by atoms with Gasteiger partial charge in [0.05, 0.1) is 34.3 Å². The molecular weight excluding hydrogens is 298 g/mol. The average molecular weight is 307 g/mol. The minimum atomic E-state index is 0.564. The predicted octanol–water partition coefficient (Wildman–Crippen LogP) is 3.67. The van der Waals surface area contributed by atoms with Crippen LogP contribution in [0, 0.1) is 17.9 Å². The van der Waals surface area contributed by atoms with Crippen LogP contribution in [-0.2, 0) is 0 Å². The Kier molecular flexibility index (Phi) is 3.12. The molecule has 0 amide bonds. The van der Waals surface area contributed by atoms with Crippen molar-refractivity contribution in [3.63, 3.8) is 0 Å². The molecule has 0 N–H and O–H groups in total. The monoisotopic (exact) mass is 307 g/mol. The summed E-state index contributed by atoms with van der Waals surface area (Å²) in [6.45, 7) is 7.03. The summed E-state index contributed by atoms with van der Waals surface area (Å²) in [4.78, 5) is 12.4. The lowest BCUT2D eigenvalue weighted by Crippen LogP contribution is -2.01. The third kappa shape index (κ3) is 2.05. The highest BCUT2D eigenvalue weighted by Crippen LogP contribution is 2.35. The van der Waals surface area contributed by atoms with E-state index < -0.39 is 0 Å². The first-order chi connectivity index (χ1) is 11.8. The molecule has 1 heterocycles. The van der Waals surface area contributed by atoms with Crippen molar-refractivity contribution in [3.05, 3.63) is 83.1 Å². The van der Waals surface area contributed by atoms with E-state index in [9.17, 15) is 0 Å². The zero-order chi connectivity index (χ0) is 16.5. The van der Waals surface area contributed by atoms with E-state index in [1.54, 1.807) is 18.3 Å². The van der Waals surface area contributed by atoms with Crippen LogP contribution in [0.15, 0.2) is 59.8 Å². The van der Waals surface area contributed by atoms with E-state index in [2.05, 4.69) is 21.1 Å². The predicted molar refractivity (Wildman–Crippen MR) is 89.9 cm³/mol. The molecule has 0 fully saturated rings. The van der Waals surface area contributed by atoms with Crippen LogP contribution in [0.4, 0.5) is 0 Å². The fourth-order valence-electron chi connectivity index (χ4n) is 2.78. The maximum absolute atomic E-state index is 8.90. The molecule has 0 radical (unpaired) electrons. The number of hydrogen-bond donors (Lipinski definition) is 0. The van der Waals surface area contributed by atoms with Gasteiger partial charge in [0.25, 0.3) is 0 Å². The molecule has 1 aliphatic rings. The van der Waals surface area contributed by atoms with Crippen molar-refractivity contribution in [2.75, 3.05) is 0 Å². The number of benzene rings is 2. The maximum Gasteiger partial charge on any atom is 0.181 e. The van der Waals surface area contributed by atoms with Crippen molar-refractivity contribution in [1.29, 1.82) is 5.26 Å². The van der Waals surface area contributed by atoms with Crippen molar-refractivity contribution in [3.8, 4) is 28.6 Å². The molecule has 0 atom stereocenters. The Hall–Kier alpha value is -3.83. The molecule has 1 aromatic heterocycles. The number of rotatable bonds is 1. The highest BCUT2D eigenvalue weighted by molar-refractivity contribution is 6.22. The van der Waals surface area contributed by atoms with Crippen LogP contribution in [0.2, 0.25) is 0 Å². The lowest BCUT2D eigenvalue weighted by atomic mass is 10.1. The summed E-state index contributed by atoms with van der Waals surface area (Å²) < 4.78 is 0. The van der Waals surface area contributed by atoms with Crippen LogP contribution in [0.5, 0.6) is 0 Å². The molecular formula is C19H9N5. The molecule has 0 bridgehead atoms. The van der Waals surface area contributed by atoms with Crippen LogP contribution in [0.25, 0.3) is 27.5 Å². The first kappa shape index (κ1) is 13.8. The van der Waals surface area contributed by atoms with Gasteiger partial charge in [-0.2, -0.15) is 11.8 Å². The van der Waals surface area contributed by atoms with E-state index in [-0.39, 0.29) is 0 Å². The second kappa shape index (κ2) is 5.42. The SMILES string of the molecule is [C-]#[N+]/N=C1\c2ccccc2-c2nc(-c3ccc(C#N)cc3)cnc21. The zero-order valence-electron chi connectivity index (χ0n) is 12.4. The summed E-state index contributed by atoms with van der Waals surface area (Å²) in [7, 11) is 0. The van der Waals surface area contributed by atoms with Crippen molar-refractivity contribution in [2.24, 2.45) is 5.10 Å². The topological polar surface area (TPSA) is 66.3 Å². The Balaban J connectivity index is 1.89. The van der Waals surface area contributed by atoms with Gasteiger partial charge in [0, 0.05) is 16.7 Å². The van der Waals surface area contributed by atoms with E-state index >= 15 is 0 Å². The minimum absolute atomic E-state index is 0.564. The van der Waals surface area contributed by atoms with Crippen molar-refractivity contribution < 1.29 is 0 Å². The van der Waals surface area contributed by atoms with Crippen LogP contribution in [-0.4, -0.2) is 15.7 Å². The molecule has 24 heavy (non-hydrogen) atoms. The summed E-state index contributed by atoms with van der Waals surface area (Å²) in [5.41, 5.74) is 5.94. The lowest BCUT2D eigenvalue weighted by molar-refractivity contribution is 1.20. The standard InChI is InChI=1S/C19H9N5/c1-21-24-18-15-5-3-2-4-14(15)17-19(18)22-11-16(23-17)13-8-6-12(10-20)7-9-13/h2-9,11H/b24-18+. The third-order valence-corrected chi connectivity index (χ3v) is 3.89. The molecule has 2 aromatic carbocycles. The van der Waals surface area contributed by atoms with Gasteiger partial charge in [0.1, 0.15) is 5.69 Å². The summed E-state index contributed by atoms with van der Waals surface area (Å²) in [5, 5.41) is 12.8. The molecule has 0 unspecified atom stereocenters. The van der Waals surface area contributed by atoms with Gasteiger partial charge in [-0.15, -0.1) is 4.95 Å². The number of aromatic nitrogens is 2. The van der Waals surface area contributed by atoms with Gasteiger partial charge in [-0.05, 0) is 12.1 Å². The van der Waals surface area contributed by atoms with Crippen molar-refractivity contribution in [2.45, 2.75) is 0 Å². The molecule has 0 saturated carbocycles. The highest BCUT2D eigenvalue weighted by Gasteiger charge is 2.29. The van der Waals surface area contributed by atoms with E-state index in [0.29, 0.717) is 17.0 Å². The third-order valence-electron chi connectivity index (χ3n) is 3.89. The summed E-state index contributed by atoms with van der Waals surface area (Å²) >= 11 is 0. The number of hydrogen-bond acceptors (Lipinski definition) is 4. The fraction of sp³-hybridized carbons (Fsp3) is 0. The summed E-state index contributed by atoms with van der Waals surface area (Å²) in [6, 6.07) is 17.0. The van der Waals surface area contributed by atoms with E-state index in [1.807, 2.05) is 36.4 Å². The molecule has 3 aromatic rings. The van der Waals surface area contributed by atoms with E-state index in [0.717, 1.165) is 28.1 Å². The number of fused-ring (bicyclic) bond motifs is 3. The first-order valence-corrected chi connectivity index (χ1v) is 7.24. The smallest absolute Gasteiger partial charge is 0.181 e. The molecule has 0 saturated heterocycles. The molecule has 1 aliphatic carbocycles. The van der Waals surface area contributed by atoms with Crippen molar-refractivity contribution >= 4 is 5.71 Å². The first-order valence-electron chi connectivity index (χ1n) is 7.24. The van der Waals surface area contributed by atoms with E-state index in [1.165, 1.54) is 0 Å². The van der Waals surface area contributed by atoms with Crippen LogP contribution < -0.4 is 0 Å². The van der Waals surface area contributed by atoms with E-state index in [4.69, 9.17) is 16.8 Å². The average Bonchev–Trinajstić information content (AvgIpc) is 2.96. The molecule has 110 valence electrons. The minimum Gasteiger partial charge on any atom is -0.250 e. The van der Waals surface area contributed by atoms with Crippen LogP contribution in [0.3, 0.4) is 0 Å². The van der Waals surface area contributed by atoms with Gasteiger partial charge in [0.2, 0.25) is 0 Å². The molecule has 0 spiro atoms. The van der Waals surface area contributed by atoms with Gasteiger partial charge in [-0.1, -0.05) is 36.4 Å². The Morgan fingerprint density at radius 1 is 1.00 bits per heavy atom. The highest BCUT2D eigenvalue weighted by atomic mass is 15.2. The Labute approximate surface area is 138 Å². The lowest BCUT2D eigenvalue weighted by Gasteiger charge is -2.04. The second-order valence-corrected chi connectivity index (χ2v) is 5.24. The largest absolute Gasteiger partial charge is 0.250 e. The summed E-state index contributed by atoms with van der Waals surface area (Å²) in [6.07, 6.45) is 1.67. The summed E-state index contributed by atoms with van der Waals surface area (Å²) in [5.74, 6) is 0. The van der Waals surface area contributed by atoms with Crippen molar-refractivity contribution in [1.82, 2.24) is 9.97 Å². The fourth-order valence-corrected chi connectivity index (χ4v) is 2.78. The molecule has 5 nitrogen and oxygen atoms in total. The molecule has 5 heteroatoms. The Bertz CT molecular complexity index is 1070. The molecule has 4 rings (SSSR count). The zero-order valence-corrected chi connectivity index (χ0v) is 12.4. The molecule has 0 aliphatic heterocycles. The second-order valence-electron chi connectivity index (χ2n) is 5.24. The Morgan fingerprint density at radius 3 is 2.46 bits per heavy atom. The van der Waals surface area contributed by atoms with Crippen LogP contribution in [0.1, 0.15) is 16.8 Å². The number of nitriles is 1. The normalized spacial score (nSPS) is 13.0. The quantitative estimate of drug-likeness (QED) is 0.398. The van der Waals surface area contributed by atoms with Crippen LogP contribution >= 0.6 is 0 Å². The number of nitrogens with zero attached hydrogens (tertiary/aromatic N) is 5. The maximum atomic E-state index is 8.90. The van der Waals surface area contributed by atoms with Gasteiger partial charge in [-0.3, -0.25) is 0 Å². The Morgan fingerprint density at radius 2 is 1.75 bits per heavy atom. The van der Waals surface area contributed by atoms with Gasteiger partial charge in [0.15, 0.2) is 5.71 Å². The van der Waals surface area contributed by atoms with Gasteiger partial charge in [-0.25, -0.2) is 9.97 Å². The van der Waals surface area contributed by atoms with Gasteiger partial charge >= 0.3 is 0 Å².